The van der Waals surface area contributed by atoms with Gasteiger partial charge in [0, 0.05) is 12.4 Å². The monoisotopic (exact) mass is 313 g/mol. The quantitative estimate of drug-likeness (QED) is 0.688. The molecule has 23 heavy (non-hydrogen) atoms. The first kappa shape index (κ1) is 17.7. The fourth-order valence-electron chi connectivity index (χ4n) is 3.17. The number of nitrogens with zero attached hydrogens (tertiary/aromatic N) is 1. The molecular weight excluding hydrogens is 285 g/mol. The lowest BCUT2D eigenvalue weighted by Gasteiger charge is -2.43. The maximum absolute atomic E-state index is 13.3. The Kier molecular flexibility index (Phi) is 5.23. The Morgan fingerprint density at radius 1 is 0.957 bits per heavy atom. The van der Waals surface area contributed by atoms with Crippen molar-refractivity contribution in [3.05, 3.63) is 65.2 Å². The number of hydrogen-bond donors (Lipinski definition) is 0. The highest BCUT2D eigenvalue weighted by Crippen LogP contribution is 2.44. The van der Waals surface area contributed by atoms with Crippen molar-refractivity contribution in [1.82, 2.24) is 4.98 Å². The van der Waals surface area contributed by atoms with E-state index in [1.807, 2.05) is 24.5 Å². The average molecular weight is 313 g/mol. The number of rotatable bonds is 5. The second-order valence-corrected chi connectivity index (χ2v) is 7.59. The summed E-state index contributed by atoms with van der Waals surface area (Å²) in [7, 11) is 0. The first-order valence-corrected chi connectivity index (χ1v) is 8.46. The van der Waals surface area contributed by atoms with E-state index < -0.39 is 0 Å². The van der Waals surface area contributed by atoms with E-state index in [0.29, 0.717) is 0 Å². The van der Waals surface area contributed by atoms with Crippen molar-refractivity contribution < 1.29 is 4.39 Å². The summed E-state index contributed by atoms with van der Waals surface area (Å²) in [6.07, 6.45) is 6.89. The molecule has 2 rings (SSSR count). The molecule has 0 aliphatic rings. The van der Waals surface area contributed by atoms with Crippen LogP contribution in [-0.4, -0.2) is 4.98 Å². The maximum atomic E-state index is 13.3. The van der Waals surface area contributed by atoms with E-state index in [0.717, 1.165) is 19.3 Å². The first-order valence-electron chi connectivity index (χ1n) is 8.46. The number of benzene rings is 1. The summed E-state index contributed by atoms with van der Waals surface area (Å²) in [5.41, 5.74) is 3.97. The Morgan fingerprint density at radius 3 is 2.17 bits per heavy atom. The lowest BCUT2D eigenvalue weighted by Crippen LogP contribution is -2.37. The minimum atomic E-state index is -0.174. The van der Waals surface area contributed by atoms with Gasteiger partial charge in [-0.05, 0) is 65.0 Å². The van der Waals surface area contributed by atoms with Crippen molar-refractivity contribution in [3.8, 4) is 0 Å². The summed E-state index contributed by atoms with van der Waals surface area (Å²) in [5, 5.41) is 0. The second-order valence-electron chi connectivity index (χ2n) is 7.59. The molecule has 1 aromatic carbocycles. The number of hydrogen-bond acceptors (Lipinski definition) is 1. The molecule has 0 radical (unpaired) electrons. The number of aromatic nitrogens is 1. The van der Waals surface area contributed by atoms with Gasteiger partial charge in [0.2, 0.25) is 0 Å². The molecule has 0 N–H and O–H groups in total. The Bertz CT molecular complexity index is 640. The lowest BCUT2D eigenvalue weighted by molar-refractivity contribution is 0.189. The van der Waals surface area contributed by atoms with E-state index in [-0.39, 0.29) is 16.6 Å². The molecule has 2 heteroatoms. The van der Waals surface area contributed by atoms with Crippen LogP contribution < -0.4 is 0 Å². The Hall–Kier alpha value is -1.70. The van der Waals surface area contributed by atoms with Gasteiger partial charge >= 0.3 is 0 Å². The molecule has 0 fully saturated rings. The van der Waals surface area contributed by atoms with Gasteiger partial charge in [-0.1, -0.05) is 46.8 Å². The molecule has 0 aliphatic carbocycles. The molecule has 0 saturated heterocycles. The highest BCUT2D eigenvalue weighted by Gasteiger charge is 2.38. The Morgan fingerprint density at radius 2 is 1.61 bits per heavy atom. The molecule has 0 spiro atoms. The molecule has 1 aromatic heterocycles. The summed E-state index contributed by atoms with van der Waals surface area (Å²) in [6.45, 7) is 11.3. The number of halogens is 1. The van der Waals surface area contributed by atoms with Crippen LogP contribution in [0.3, 0.4) is 0 Å². The van der Waals surface area contributed by atoms with Crippen LogP contribution >= 0.6 is 0 Å². The van der Waals surface area contributed by atoms with E-state index in [1.54, 1.807) is 12.1 Å². The van der Waals surface area contributed by atoms with Crippen molar-refractivity contribution in [3.63, 3.8) is 0 Å². The van der Waals surface area contributed by atoms with Gasteiger partial charge in [0.25, 0.3) is 0 Å². The Balaban J connectivity index is 2.31. The van der Waals surface area contributed by atoms with Crippen molar-refractivity contribution in [2.24, 2.45) is 5.41 Å². The number of pyridine rings is 1. The van der Waals surface area contributed by atoms with Crippen LogP contribution in [0.2, 0.25) is 0 Å². The van der Waals surface area contributed by atoms with E-state index in [4.69, 9.17) is 0 Å². The van der Waals surface area contributed by atoms with Gasteiger partial charge in [0.15, 0.2) is 0 Å². The molecule has 2 aromatic rings. The van der Waals surface area contributed by atoms with Crippen LogP contribution in [0.5, 0.6) is 0 Å². The van der Waals surface area contributed by atoms with Crippen LogP contribution in [0, 0.1) is 11.2 Å². The van der Waals surface area contributed by atoms with E-state index in [2.05, 4.69) is 45.7 Å². The zero-order valence-corrected chi connectivity index (χ0v) is 15.0. The predicted molar refractivity (Wildman–Crippen MR) is 95.1 cm³/mol. The molecule has 124 valence electrons. The zero-order chi connectivity index (χ0) is 17.1. The second kappa shape index (κ2) is 6.82. The van der Waals surface area contributed by atoms with Crippen LogP contribution in [0.1, 0.15) is 57.7 Å². The average Bonchev–Trinajstić information content (AvgIpc) is 2.52. The third-order valence-corrected chi connectivity index (χ3v) is 5.42. The predicted octanol–water partition coefficient (Wildman–Crippen LogP) is 5.72. The van der Waals surface area contributed by atoms with Crippen molar-refractivity contribution in [2.75, 3.05) is 0 Å². The highest BCUT2D eigenvalue weighted by atomic mass is 19.1. The normalized spacial score (nSPS) is 14.5. The molecule has 0 aliphatic heterocycles. The third-order valence-electron chi connectivity index (χ3n) is 5.42. The van der Waals surface area contributed by atoms with Gasteiger partial charge < -0.3 is 0 Å². The van der Waals surface area contributed by atoms with E-state index in [9.17, 15) is 4.39 Å². The topological polar surface area (TPSA) is 12.9 Å². The van der Waals surface area contributed by atoms with Gasteiger partial charge in [-0.25, -0.2) is 4.39 Å². The maximum Gasteiger partial charge on any atom is 0.123 e. The molecule has 1 unspecified atom stereocenters. The van der Waals surface area contributed by atoms with Crippen molar-refractivity contribution in [2.45, 2.75) is 59.3 Å². The molecule has 0 saturated carbocycles. The minimum Gasteiger partial charge on any atom is -0.264 e. The Labute approximate surface area is 140 Å². The van der Waals surface area contributed by atoms with Gasteiger partial charge in [-0.15, -0.1) is 0 Å². The molecule has 1 atom stereocenters. The van der Waals surface area contributed by atoms with Crippen LogP contribution in [0.15, 0.2) is 42.7 Å². The fraction of sp³-hybridized carbons (Fsp3) is 0.476. The molecule has 0 bridgehead atoms. The minimum absolute atomic E-state index is 0.0189. The van der Waals surface area contributed by atoms with E-state index >= 15 is 0 Å². The highest BCUT2D eigenvalue weighted by molar-refractivity contribution is 5.30. The zero-order valence-electron chi connectivity index (χ0n) is 15.0. The van der Waals surface area contributed by atoms with Crippen LogP contribution in [0.4, 0.5) is 4.39 Å². The number of aryl methyl sites for hydroxylation is 2. The van der Waals surface area contributed by atoms with Crippen molar-refractivity contribution in [1.29, 1.82) is 0 Å². The van der Waals surface area contributed by atoms with Gasteiger partial charge in [-0.3, -0.25) is 4.98 Å². The van der Waals surface area contributed by atoms with Gasteiger partial charge in [0.1, 0.15) is 5.82 Å². The molecular formula is C21H28FN. The molecule has 0 amide bonds. The standard InChI is InChI=1S/C21H28FN/c1-6-16-15-23-14-12-17(16)11-13-21(5,20(2,3)4)18-7-9-19(22)10-8-18/h7-10,12,14-15H,6,11,13H2,1-5H3. The summed E-state index contributed by atoms with van der Waals surface area (Å²) in [6, 6.07) is 9.15. The SMILES string of the molecule is CCc1cnccc1CCC(C)(c1ccc(F)cc1)C(C)(C)C. The third kappa shape index (κ3) is 3.80. The summed E-state index contributed by atoms with van der Waals surface area (Å²) in [4.78, 5) is 4.24. The lowest BCUT2D eigenvalue weighted by atomic mass is 9.61. The van der Waals surface area contributed by atoms with E-state index in [1.165, 1.54) is 16.7 Å². The smallest absolute Gasteiger partial charge is 0.123 e. The van der Waals surface area contributed by atoms with Crippen LogP contribution in [0.25, 0.3) is 0 Å². The largest absolute Gasteiger partial charge is 0.264 e. The van der Waals surface area contributed by atoms with Gasteiger partial charge in [-0.2, -0.15) is 0 Å². The fourth-order valence-corrected chi connectivity index (χ4v) is 3.17. The summed E-state index contributed by atoms with van der Waals surface area (Å²) < 4.78 is 13.3. The molecule has 1 heterocycles. The van der Waals surface area contributed by atoms with Crippen LogP contribution in [-0.2, 0) is 18.3 Å². The first-order chi connectivity index (χ1) is 10.8. The van der Waals surface area contributed by atoms with Gasteiger partial charge in [0.05, 0.1) is 0 Å². The summed E-state index contributed by atoms with van der Waals surface area (Å²) >= 11 is 0. The summed E-state index contributed by atoms with van der Waals surface area (Å²) in [5.74, 6) is -0.174. The van der Waals surface area contributed by atoms with Crippen molar-refractivity contribution >= 4 is 0 Å². The molecule has 1 nitrogen and oxygen atoms in total.